The molecule has 2 aromatic rings. The van der Waals surface area contributed by atoms with E-state index in [1.54, 1.807) is 34.6 Å². The fraction of sp³-hybridized carbons (Fsp3) is 0.630. The van der Waals surface area contributed by atoms with Crippen molar-refractivity contribution in [1.82, 2.24) is 9.55 Å². The average molecular weight is 609 g/mol. The molecule has 5 aliphatic rings. The number of rotatable bonds is 5. The minimum atomic E-state index is -4.24. The normalized spacial score (nSPS) is 41.4. The van der Waals surface area contributed by atoms with E-state index in [1.165, 1.54) is 10.8 Å². The van der Waals surface area contributed by atoms with E-state index >= 15 is 0 Å². The molecule has 228 valence electrons. The number of aromatic nitrogens is 2. The van der Waals surface area contributed by atoms with E-state index in [0.29, 0.717) is 5.56 Å². The molecular formula is C27H33N2O12P. The van der Waals surface area contributed by atoms with Gasteiger partial charge in [-0.25, -0.2) is 9.36 Å². The van der Waals surface area contributed by atoms with Crippen molar-refractivity contribution >= 4 is 7.82 Å². The molecule has 0 bridgehead atoms. The number of hydrogen-bond donors (Lipinski definition) is 1. The van der Waals surface area contributed by atoms with Gasteiger partial charge in [-0.15, -0.1) is 0 Å². The topological polar surface area (TPSA) is 155 Å². The molecule has 0 radical (unpaired) electrons. The summed E-state index contributed by atoms with van der Waals surface area (Å²) in [5, 5.41) is 0. The van der Waals surface area contributed by atoms with Crippen LogP contribution < -0.4 is 11.2 Å². The fourth-order valence-corrected chi connectivity index (χ4v) is 7.71. The lowest BCUT2D eigenvalue weighted by molar-refractivity contribution is -0.232. The van der Waals surface area contributed by atoms with Crippen LogP contribution in [0.4, 0.5) is 0 Å². The molecule has 10 atom stereocenters. The number of nitrogens with one attached hydrogen (secondary N) is 1. The maximum atomic E-state index is 14.1. The molecule has 0 unspecified atom stereocenters. The molecule has 42 heavy (non-hydrogen) atoms. The Kier molecular flexibility index (Phi) is 6.72. The van der Waals surface area contributed by atoms with Crippen molar-refractivity contribution < 1.29 is 46.6 Å². The van der Waals surface area contributed by atoms with Crippen molar-refractivity contribution in [2.75, 3.05) is 6.61 Å². The lowest BCUT2D eigenvalue weighted by Gasteiger charge is -2.38. The Morgan fingerprint density at radius 1 is 0.881 bits per heavy atom. The number of hydrogen-bond acceptors (Lipinski definition) is 12. The van der Waals surface area contributed by atoms with Crippen LogP contribution in [0.3, 0.4) is 0 Å². The van der Waals surface area contributed by atoms with Gasteiger partial charge in [0, 0.05) is 11.8 Å². The van der Waals surface area contributed by atoms with E-state index < -0.39 is 85.9 Å². The third kappa shape index (κ3) is 4.93. The summed E-state index contributed by atoms with van der Waals surface area (Å²) >= 11 is 0. The van der Waals surface area contributed by atoms with Crippen LogP contribution in [0.2, 0.25) is 0 Å². The summed E-state index contributed by atoms with van der Waals surface area (Å²) in [7, 11) is -4.24. The summed E-state index contributed by atoms with van der Waals surface area (Å²) in [5.41, 5.74) is -0.118. The van der Waals surface area contributed by atoms with Crippen LogP contribution in [0.25, 0.3) is 0 Å². The van der Waals surface area contributed by atoms with E-state index in [2.05, 4.69) is 4.98 Å². The van der Waals surface area contributed by atoms with Crippen LogP contribution >= 0.6 is 7.82 Å². The Bertz CT molecular complexity index is 1520. The molecule has 0 spiro atoms. The number of aryl methyl sites for hydroxylation is 1. The summed E-state index contributed by atoms with van der Waals surface area (Å²) < 4.78 is 69.7. The van der Waals surface area contributed by atoms with Gasteiger partial charge < -0.3 is 28.4 Å². The van der Waals surface area contributed by atoms with Crippen LogP contribution in [0, 0.1) is 6.92 Å². The van der Waals surface area contributed by atoms with Crippen molar-refractivity contribution in [3.05, 3.63) is 68.5 Å². The van der Waals surface area contributed by atoms with Gasteiger partial charge in [0.15, 0.2) is 24.1 Å². The van der Waals surface area contributed by atoms with Gasteiger partial charge in [0.2, 0.25) is 0 Å². The number of nitrogens with zero attached hydrogens (tertiary/aromatic N) is 1. The number of aromatic amines is 1. The zero-order valence-corrected chi connectivity index (χ0v) is 24.6. The van der Waals surface area contributed by atoms with E-state index in [-0.39, 0.29) is 6.61 Å². The first-order valence-corrected chi connectivity index (χ1v) is 15.3. The Morgan fingerprint density at radius 3 is 2.33 bits per heavy atom. The van der Waals surface area contributed by atoms with Gasteiger partial charge in [0.25, 0.3) is 5.56 Å². The van der Waals surface area contributed by atoms with Crippen LogP contribution in [-0.2, 0) is 46.6 Å². The molecule has 0 aliphatic carbocycles. The summed E-state index contributed by atoms with van der Waals surface area (Å²) in [5.74, 6) is -1.91. The SMILES string of the molecule is Cc1cn([C@@H]2O[C@H](CO[P@]3(=O)O[C@@H]4[C@H]5OC(C)(C)O[C@H]5O[C@@H]4[C@H](c4ccccc4)O3)[C@H]3OC(C)(C)O[C@H]32)c(=O)[nH]c1=O. The molecule has 0 saturated carbocycles. The predicted molar refractivity (Wildman–Crippen MR) is 141 cm³/mol. The molecular weight excluding hydrogens is 575 g/mol. The highest BCUT2D eigenvalue weighted by molar-refractivity contribution is 7.48. The van der Waals surface area contributed by atoms with Crippen LogP contribution in [0.5, 0.6) is 0 Å². The number of H-pyrrole nitrogens is 1. The minimum Gasteiger partial charge on any atom is -0.346 e. The summed E-state index contributed by atoms with van der Waals surface area (Å²) in [4.78, 5) is 26.9. The predicted octanol–water partition coefficient (Wildman–Crippen LogP) is 2.42. The first-order valence-electron chi connectivity index (χ1n) is 13.8. The molecule has 7 rings (SSSR count). The van der Waals surface area contributed by atoms with Gasteiger partial charge in [-0.2, -0.15) is 0 Å². The van der Waals surface area contributed by atoms with E-state index in [9.17, 15) is 14.2 Å². The number of ether oxygens (including phenoxy) is 6. The molecule has 0 amide bonds. The largest absolute Gasteiger partial charge is 0.476 e. The van der Waals surface area contributed by atoms with E-state index in [1.807, 2.05) is 30.3 Å². The smallest absolute Gasteiger partial charge is 0.346 e. The fourth-order valence-electron chi connectivity index (χ4n) is 6.15. The van der Waals surface area contributed by atoms with Crippen molar-refractivity contribution in [1.29, 1.82) is 0 Å². The molecule has 15 heteroatoms. The lowest BCUT2D eigenvalue weighted by Crippen LogP contribution is -2.43. The number of phosphoric acid groups is 1. The van der Waals surface area contributed by atoms with Gasteiger partial charge in [-0.05, 0) is 40.2 Å². The maximum absolute atomic E-state index is 14.1. The first kappa shape index (κ1) is 28.5. The van der Waals surface area contributed by atoms with Crippen molar-refractivity contribution in [2.45, 2.75) is 101 Å². The molecule has 1 aromatic heterocycles. The van der Waals surface area contributed by atoms with Gasteiger partial charge in [0.1, 0.15) is 42.7 Å². The number of benzene rings is 1. The van der Waals surface area contributed by atoms with E-state index in [4.69, 9.17) is 42.0 Å². The summed E-state index contributed by atoms with van der Waals surface area (Å²) in [6, 6.07) is 9.22. The van der Waals surface area contributed by atoms with Gasteiger partial charge >= 0.3 is 13.5 Å². The number of fused-ring (bicyclic) bond motifs is 4. The highest BCUT2D eigenvalue weighted by atomic mass is 31.2. The molecule has 1 aromatic carbocycles. The second-order valence-electron chi connectivity index (χ2n) is 11.9. The molecule has 5 saturated heterocycles. The van der Waals surface area contributed by atoms with E-state index in [0.717, 1.165) is 5.56 Å². The quantitative estimate of drug-likeness (QED) is 0.496. The second-order valence-corrected chi connectivity index (χ2v) is 13.5. The van der Waals surface area contributed by atoms with Crippen molar-refractivity contribution in [3.63, 3.8) is 0 Å². The second kappa shape index (κ2) is 9.89. The summed E-state index contributed by atoms with van der Waals surface area (Å²) in [6.07, 6.45) is -5.44. The zero-order chi connectivity index (χ0) is 29.6. The Hall–Kier alpha value is -2.23. The highest BCUT2D eigenvalue weighted by Gasteiger charge is 2.63. The maximum Gasteiger partial charge on any atom is 0.476 e. The van der Waals surface area contributed by atoms with Gasteiger partial charge in [0.05, 0.1) is 6.61 Å². The molecule has 14 nitrogen and oxygen atoms in total. The molecule has 5 aliphatic heterocycles. The Labute approximate surface area is 240 Å². The summed E-state index contributed by atoms with van der Waals surface area (Å²) in [6.45, 7) is 8.31. The first-order chi connectivity index (χ1) is 19.8. The lowest BCUT2D eigenvalue weighted by atomic mass is 9.99. The third-order valence-electron chi connectivity index (χ3n) is 7.89. The van der Waals surface area contributed by atoms with Crippen LogP contribution in [0.1, 0.15) is 51.2 Å². The van der Waals surface area contributed by atoms with Crippen LogP contribution in [-0.4, -0.2) is 70.6 Å². The molecule has 1 N–H and O–H groups in total. The van der Waals surface area contributed by atoms with Gasteiger partial charge in [-0.3, -0.25) is 27.9 Å². The third-order valence-corrected chi connectivity index (χ3v) is 9.34. The van der Waals surface area contributed by atoms with Crippen LogP contribution in [0.15, 0.2) is 46.1 Å². The van der Waals surface area contributed by atoms with Gasteiger partial charge in [-0.1, -0.05) is 30.3 Å². The minimum absolute atomic E-state index is 0.276. The molecule has 6 heterocycles. The average Bonchev–Trinajstić information content (AvgIpc) is 3.61. The Balaban J connectivity index is 1.15. The molecule has 5 fully saturated rings. The van der Waals surface area contributed by atoms with Crippen molar-refractivity contribution in [2.24, 2.45) is 0 Å². The highest BCUT2D eigenvalue weighted by Crippen LogP contribution is 2.63. The Morgan fingerprint density at radius 2 is 1.57 bits per heavy atom. The van der Waals surface area contributed by atoms with Crippen molar-refractivity contribution in [3.8, 4) is 0 Å². The number of phosphoric ester groups is 1. The zero-order valence-electron chi connectivity index (χ0n) is 23.7. The standard InChI is InChI=1S/C27H33N2O12P/c1-13-11-29(25(31)28-22(13)30)23-20-17(36-26(2,3)37-20)15(34-23)12-33-42(32)40-16(14-9-7-6-8-10-14)18-19(41-42)21-24(35-18)39-27(4,5)38-21/h6-11,15-21,23-24H,12H2,1-5H3,(H,28,30,31)/t15-,16+,17-,18-,19+,20-,21-,23-,24-,42+/m1/s1. The monoisotopic (exact) mass is 608 g/mol.